The first-order valence-electron chi connectivity index (χ1n) is 12.2. The Morgan fingerprint density at radius 1 is 1.00 bits per heavy atom. The first kappa shape index (κ1) is 25.7. The predicted molar refractivity (Wildman–Crippen MR) is 141 cm³/mol. The molecule has 4 rings (SSSR count). The van der Waals surface area contributed by atoms with Gasteiger partial charge in [-0.1, -0.05) is 48.0 Å². The SMILES string of the molecule is CCOC(=O)c1ccc(N2CCC([C@@H](OCC(=O)O)c3ccccc3-c3ccc(Cl)cc3)CC2)cc1. The lowest BCUT2D eigenvalue weighted by molar-refractivity contribution is -0.146. The molecule has 1 aliphatic rings. The van der Waals surface area contributed by atoms with E-state index in [0.29, 0.717) is 17.2 Å². The van der Waals surface area contributed by atoms with Crippen LogP contribution in [0, 0.1) is 5.92 Å². The summed E-state index contributed by atoms with van der Waals surface area (Å²) in [6.45, 7) is 3.40. The Balaban J connectivity index is 1.52. The highest BCUT2D eigenvalue weighted by molar-refractivity contribution is 6.30. The summed E-state index contributed by atoms with van der Waals surface area (Å²) in [6.07, 6.45) is 1.35. The van der Waals surface area contributed by atoms with Crippen molar-refractivity contribution in [2.45, 2.75) is 25.9 Å². The van der Waals surface area contributed by atoms with Gasteiger partial charge in [0.2, 0.25) is 0 Å². The van der Waals surface area contributed by atoms with Gasteiger partial charge in [-0.25, -0.2) is 9.59 Å². The molecule has 1 atom stereocenters. The number of benzene rings is 3. The number of aliphatic carboxylic acids is 1. The molecule has 6 nitrogen and oxygen atoms in total. The van der Waals surface area contributed by atoms with E-state index in [-0.39, 0.29) is 24.6 Å². The normalized spacial score (nSPS) is 14.9. The second-order valence-corrected chi connectivity index (χ2v) is 9.25. The molecular weight excluding hydrogens is 478 g/mol. The highest BCUT2D eigenvalue weighted by atomic mass is 35.5. The molecule has 0 saturated carbocycles. The van der Waals surface area contributed by atoms with Crippen molar-refractivity contribution in [3.8, 4) is 11.1 Å². The Kier molecular flexibility index (Phi) is 8.62. The zero-order valence-electron chi connectivity index (χ0n) is 20.2. The third-order valence-corrected chi connectivity index (χ3v) is 6.77. The van der Waals surface area contributed by atoms with Crippen molar-refractivity contribution < 1.29 is 24.2 Å². The molecule has 7 heteroatoms. The van der Waals surface area contributed by atoms with Crippen molar-refractivity contribution in [2.24, 2.45) is 5.92 Å². The van der Waals surface area contributed by atoms with Crippen LogP contribution < -0.4 is 4.90 Å². The minimum absolute atomic E-state index is 0.160. The molecule has 0 aromatic heterocycles. The summed E-state index contributed by atoms with van der Waals surface area (Å²) < 4.78 is 11.1. The molecule has 3 aromatic carbocycles. The lowest BCUT2D eigenvalue weighted by Gasteiger charge is -2.37. The monoisotopic (exact) mass is 507 g/mol. The van der Waals surface area contributed by atoms with Crippen LogP contribution in [0.4, 0.5) is 5.69 Å². The standard InChI is InChI=1S/C29H30ClNO5/c1-2-35-29(34)22-9-13-24(14-10-22)31-17-15-21(16-18-31)28(36-19-27(32)33)26-6-4-3-5-25(26)20-7-11-23(30)12-8-20/h3-14,21,28H,2,15-19H2,1H3,(H,32,33)/t28-/m1/s1. The van der Waals surface area contributed by atoms with Crippen LogP contribution in [0.1, 0.15) is 41.8 Å². The molecule has 0 bridgehead atoms. The fraction of sp³-hybridized carbons (Fsp3) is 0.310. The van der Waals surface area contributed by atoms with Crippen molar-refractivity contribution in [1.29, 1.82) is 0 Å². The molecular formula is C29H30ClNO5. The number of ether oxygens (including phenoxy) is 2. The third kappa shape index (κ3) is 6.25. The van der Waals surface area contributed by atoms with Gasteiger partial charge in [-0.15, -0.1) is 0 Å². The van der Waals surface area contributed by atoms with Crippen LogP contribution in [0.15, 0.2) is 72.8 Å². The van der Waals surface area contributed by atoms with Crippen molar-refractivity contribution in [1.82, 2.24) is 0 Å². The summed E-state index contributed by atoms with van der Waals surface area (Å²) in [5.74, 6) is -1.14. The first-order chi connectivity index (χ1) is 17.5. The van der Waals surface area contributed by atoms with Crippen LogP contribution in [-0.4, -0.2) is 43.3 Å². The highest BCUT2D eigenvalue weighted by Gasteiger charge is 2.31. The number of hydrogen-bond acceptors (Lipinski definition) is 5. The fourth-order valence-corrected chi connectivity index (χ4v) is 4.89. The average molecular weight is 508 g/mol. The highest BCUT2D eigenvalue weighted by Crippen LogP contribution is 2.39. The molecule has 0 spiro atoms. The Morgan fingerprint density at radius 3 is 2.31 bits per heavy atom. The van der Waals surface area contributed by atoms with Gasteiger partial charge in [0.15, 0.2) is 0 Å². The van der Waals surface area contributed by atoms with E-state index in [1.807, 2.05) is 60.7 Å². The summed E-state index contributed by atoms with van der Waals surface area (Å²) in [5, 5.41) is 9.99. The number of carboxylic acid groups (broad SMARTS) is 1. The van der Waals surface area contributed by atoms with E-state index in [4.69, 9.17) is 21.1 Å². The molecule has 0 aliphatic carbocycles. The molecule has 0 unspecified atom stereocenters. The largest absolute Gasteiger partial charge is 0.480 e. The molecule has 1 N–H and O–H groups in total. The van der Waals surface area contributed by atoms with E-state index in [0.717, 1.165) is 48.3 Å². The number of rotatable bonds is 9. The number of piperidine rings is 1. The third-order valence-electron chi connectivity index (χ3n) is 6.52. The lowest BCUT2D eigenvalue weighted by Crippen LogP contribution is -2.36. The van der Waals surface area contributed by atoms with E-state index in [2.05, 4.69) is 4.90 Å². The van der Waals surface area contributed by atoms with Gasteiger partial charge in [0, 0.05) is 23.8 Å². The maximum absolute atomic E-state index is 11.9. The van der Waals surface area contributed by atoms with Gasteiger partial charge >= 0.3 is 11.9 Å². The van der Waals surface area contributed by atoms with Gasteiger partial charge in [-0.3, -0.25) is 0 Å². The van der Waals surface area contributed by atoms with Gasteiger partial charge in [0.05, 0.1) is 18.3 Å². The minimum Gasteiger partial charge on any atom is -0.480 e. The molecule has 36 heavy (non-hydrogen) atoms. The van der Waals surface area contributed by atoms with Crippen molar-refractivity contribution >= 4 is 29.2 Å². The molecule has 0 radical (unpaired) electrons. The predicted octanol–water partition coefficient (Wildman–Crippen LogP) is 6.24. The fourth-order valence-electron chi connectivity index (χ4n) is 4.76. The number of halogens is 1. The van der Waals surface area contributed by atoms with E-state index < -0.39 is 5.97 Å². The van der Waals surface area contributed by atoms with Crippen LogP contribution in [0.5, 0.6) is 0 Å². The number of esters is 1. The van der Waals surface area contributed by atoms with E-state index >= 15 is 0 Å². The van der Waals surface area contributed by atoms with Crippen LogP contribution in [0.25, 0.3) is 11.1 Å². The molecule has 1 heterocycles. The lowest BCUT2D eigenvalue weighted by atomic mass is 9.84. The summed E-state index contributed by atoms with van der Waals surface area (Å²) >= 11 is 6.09. The first-order valence-corrected chi connectivity index (χ1v) is 12.5. The van der Waals surface area contributed by atoms with Crippen LogP contribution in [-0.2, 0) is 14.3 Å². The average Bonchev–Trinajstić information content (AvgIpc) is 2.90. The van der Waals surface area contributed by atoms with Crippen molar-refractivity contribution in [3.63, 3.8) is 0 Å². The number of anilines is 1. The van der Waals surface area contributed by atoms with Gasteiger partial charge in [0.25, 0.3) is 0 Å². The Bertz CT molecular complexity index is 1170. The molecule has 3 aromatic rings. The summed E-state index contributed by atoms with van der Waals surface area (Å²) in [7, 11) is 0. The molecule has 0 amide bonds. The maximum atomic E-state index is 11.9. The van der Waals surface area contributed by atoms with E-state index in [1.54, 1.807) is 19.1 Å². The number of hydrogen-bond donors (Lipinski definition) is 1. The van der Waals surface area contributed by atoms with Gasteiger partial charge in [0.1, 0.15) is 6.61 Å². The Hall–Kier alpha value is -3.35. The van der Waals surface area contributed by atoms with Crippen LogP contribution in [0.2, 0.25) is 5.02 Å². The van der Waals surface area contributed by atoms with Crippen molar-refractivity contribution in [3.05, 3.63) is 88.9 Å². The minimum atomic E-state index is -0.983. The number of carboxylic acids is 1. The van der Waals surface area contributed by atoms with Gasteiger partial charge < -0.3 is 19.5 Å². The second-order valence-electron chi connectivity index (χ2n) is 8.81. The molecule has 1 saturated heterocycles. The number of nitrogens with zero attached hydrogens (tertiary/aromatic N) is 1. The zero-order valence-corrected chi connectivity index (χ0v) is 21.0. The maximum Gasteiger partial charge on any atom is 0.338 e. The van der Waals surface area contributed by atoms with Gasteiger partial charge in [-0.05, 0) is 78.8 Å². The van der Waals surface area contributed by atoms with Gasteiger partial charge in [-0.2, -0.15) is 0 Å². The summed E-state index contributed by atoms with van der Waals surface area (Å²) in [4.78, 5) is 25.6. The summed E-state index contributed by atoms with van der Waals surface area (Å²) in [5.41, 5.74) is 4.60. The van der Waals surface area contributed by atoms with E-state index in [1.165, 1.54) is 0 Å². The van der Waals surface area contributed by atoms with Crippen molar-refractivity contribution in [2.75, 3.05) is 31.2 Å². The Morgan fingerprint density at radius 2 is 1.67 bits per heavy atom. The quantitative estimate of drug-likeness (QED) is 0.345. The number of carbonyl (C=O) groups is 2. The number of carbonyl (C=O) groups excluding carboxylic acids is 1. The van der Waals surface area contributed by atoms with E-state index in [9.17, 15) is 14.7 Å². The molecule has 1 aliphatic heterocycles. The van der Waals surface area contributed by atoms with Crippen LogP contribution in [0.3, 0.4) is 0 Å². The zero-order chi connectivity index (χ0) is 25.5. The molecule has 1 fully saturated rings. The Labute approximate surface area is 216 Å². The second kappa shape index (κ2) is 12.1. The van der Waals surface area contributed by atoms with Crippen LogP contribution >= 0.6 is 11.6 Å². The summed E-state index contributed by atoms with van der Waals surface area (Å²) in [6, 6.07) is 23.1. The molecule has 188 valence electrons. The smallest absolute Gasteiger partial charge is 0.338 e. The topological polar surface area (TPSA) is 76.1 Å².